The van der Waals surface area contributed by atoms with E-state index in [0.29, 0.717) is 0 Å². The second-order valence-corrected chi connectivity index (χ2v) is 3.19. The lowest BCUT2D eigenvalue weighted by atomic mass is 10.4. The Bertz CT molecular complexity index is 370. The first-order valence-corrected chi connectivity index (χ1v) is 4.92. The topological polar surface area (TPSA) is 55.6 Å². The van der Waals surface area contributed by atoms with Crippen LogP contribution in [0.25, 0.3) is 0 Å². The van der Waals surface area contributed by atoms with Crippen molar-refractivity contribution < 1.29 is 0 Å². The Kier molecular flexibility index (Phi) is 3.27. The minimum atomic E-state index is 0.822. The zero-order valence-electron chi connectivity index (χ0n) is 8.37. The highest BCUT2D eigenvalue weighted by Crippen LogP contribution is 1.98. The van der Waals surface area contributed by atoms with E-state index in [1.807, 2.05) is 24.7 Å². The van der Waals surface area contributed by atoms with Crippen molar-refractivity contribution in [1.82, 2.24) is 19.7 Å². The second-order valence-electron chi connectivity index (χ2n) is 3.19. The number of hydrogen-bond donors (Lipinski definition) is 1. The zero-order chi connectivity index (χ0) is 10.3. The van der Waals surface area contributed by atoms with E-state index in [1.165, 1.54) is 0 Å². The van der Waals surface area contributed by atoms with Crippen LogP contribution >= 0.6 is 0 Å². The third kappa shape index (κ3) is 3.05. The number of anilines is 1. The molecule has 5 nitrogen and oxygen atoms in total. The van der Waals surface area contributed by atoms with E-state index in [2.05, 4.69) is 25.1 Å². The first kappa shape index (κ1) is 9.64. The third-order valence-corrected chi connectivity index (χ3v) is 2.03. The highest BCUT2D eigenvalue weighted by molar-refractivity contribution is 5.30. The van der Waals surface area contributed by atoms with E-state index in [-0.39, 0.29) is 0 Å². The third-order valence-electron chi connectivity index (χ3n) is 2.03. The van der Waals surface area contributed by atoms with Gasteiger partial charge in [0.25, 0.3) is 0 Å². The summed E-state index contributed by atoms with van der Waals surface area (Å²) in [5.74, 6) is 0.822. The van der Waals surface area contributed by atoms with E-state index in [1.54, 1.807) is 12.4 Å². The number of nitrogens with one attached hydrogen (secondary N) is 1. The van der Waals surface area contributed by atoms with Gasteiger partial charge in [0.15, 0.2) is 0 Å². The number of nitrogens with zero attached hydrogens (tertiary/aromatic N) is 4. The van der Waals surface area contributed by atoms with Crippen molar-refractivity contribution in [3.05, 3.63) is 37.1 Å². The zero-order valence-corrected chi connectivity index (χ0v) is 8.37. The molecular formula is C10H13N5. The van der Waals surface area contributed by atoms with Gasteiger partial charge in [0.05, 0.1) is 6.33 Å². The highest BCUT2D eigenvalue weighted by Gasteiger charge is 1.92. The maximum absolute atomic E-state index is 3.98. The molecule has 2 heterocycles. The summed E-state index contributed by atoms with van der Waals surface area (Å²) in [5.41, 5.74) is 0. The average molecular weight is 203 g/mol. The van der Waals surface area contributed by atoms with Crippen molar-refractivity contribution in [2.45, 2.75) is 13.0 Å². The van der Waals surface area contributed by atoms with Crippen LogP contribution in [0, 0.1) is 0 Å². The first-order valence-electron chi connectivity index (χ1n) is 4.92. The molecule has 0 unspecified atom stereocenters. The molecule has 0 saturated carbocycles. The fraction of sp³-hybridized carbons (Fsp3) is 0.300. The van der Waals surface area contributed by atoms with Gasteiger partial charge in [-0.05, 0) is 18.6 Å². The van der Waals surface area contributed by atoms with Gasteiger partial charge in [0, 0.05) is 31.7 Å². The minimum Gasteiger partial charge on any atom is -0.369 e. The average Bonchev–Trinajstić information content (AvgIpc) is 2.79. The largest absolute Gasteiger partial charge is 0.369 e. The SMILES string of the molecule is c1cnnc(NCCCn2ccnc2)c1. The van der Waals surface area contributed by atoms with Crippen molar-refractivity contribution in [1.29, 1.82) is 0 Å². The van der Waals surface area contributed by atoms with E-state index in [9.17, 15) is 0 Å². The first-order chi connectivity index (χ1) is 7.45. The molecule has 0 aliphatic rings. The Labute approximate surface area is 88.2 Å². The van der Waals surface area contributed by atoms with Crippen molar-refractivity contribution in [3.63, 3.8) is 0 Å². The summed E-state index contributed by atoms with van der Waals surface area (Å²) in [7, 11) is 0. The molecule has 0 saturated heterocycles. The van der Waals surface area contributed by atoms with Gasteiger partial charge in [-0.15, -0.1) is 5.10 Å². The monoisotopic (exact) mass is 203 g/mol. The molecule has 78 valence electrons. The van der Waals surface area contributed by atoms with Crippen LogP contribution < -0.4 is 5.32 Å². The van der Waals surface area contributed by atoms with Gasteiger partial charge >= 0.3 is 0 Å². The van der Waals surface area contributed by atoms with E-state index in [4.69, 9.17) is 0 Å². The molecule has 0 spiro atoms. The van der Waals surface area contributed by atoms with Crippen LogP contribution in [0.2, 0.25) is 0 Å². The van der Waals surface area contributed by atoms with Crippen molar-refractivity contribution in [3.8, 4) is 0 Å². The molecule has 0 aliphatic carbocycles. The van der Waals surface area contributed by atoms with Gasteiger partial charge in [-0.3, -0.25) is 0 Å². The predicted octanol–water partition coefficient (Wildman–Crippen LogP) is 1.18. The summed E-state index contributed by atoms with van der Waals surface area (Å²) in [6.07, 6.45) is 8.27. The molecule has 0 fully saturated rings. The molecule has 15 heavy (non-hydrogen) atoms. The molecule has 2 aromatic heterocycles. The van der Waals surface area contributed by atoms with Crippen LogP contribution in [-0.4, -0.2) is 26.3 Å². The molecule has 0 aromatic carbocycles. The van der Waals surface area contributed by atoms with Crippen LogP contribution in [0.4, 0.5) is 5.82 Å². The maximum Gasteiger partial charge on any atom is 0.148 e. The molecule has 1 N–H and O–H groups in total. The number of aromatic nitrogens is 4. The van der Waals surface area contributed by atoms with E-state index >= 15 is 0 Å². The Morgan fingerprint density at radius 1 is 1.33 bits per heavy atom. The lowest BCUT2D eigenvalue weighted by Gasteiger charge is -2.04. The number of rotatable bonds is 5. The molecule has 0 atom stereocenters. The molecule has 2 rings (SSSR count). The van der Waals surface area contributed by atoms with Crippen LogP contribution in [0.1, 0.15) is 6.42 Å². The molecule has 0 aliphatic heterocycles. The molecule has 2 aromatic rings. The lowest BCUT2D eigenvalue weighted by molar-refractivity contribution is 0.659. The molecule has 0 radical (unpaired) electrons. The van der Waals surface area contributed by atoms with Gasteiger partial charge in [0.2, 0.25) is 0 Å². The standard InChI is InChI=1S/C10H13N5/c1-3-10(14-13-5-1)12-4-2-7-15-8-6-11-9-15/h1,3,5-6,8-9H,2,4,7H2,(H,12,14). The molecular weight excluding hydrogens is 190 g/mol. The minimum absolute atomic E-state index is 0.822. The highest BCUT2D eigenvalue weighted by atomic mass is 15.2. The Morgan fingerprint density at radius 2 is 2.33 bits per heavy atom. The van der Waals surface area contributed by atoms with Gasteiger partial charge in [0.1, 0.15) is 5.82 Å². The number of hydrogen-bond acceptors (Lipinski definition) is 4. The smallest absolute Gasteiger partial charge is 0.148 e. The molecule has 0 amide bonds. The quantitative estimate of drug-likeness (QED) is 0.741. The summed E-state index contributed by atoms with van der Waals surface area (Å²) in [6.45, 7) is 1.85. The van der Waals surface area contributed by atoms with Crippen molar-refractivity contribution in [2.75, 3.05) is 11.9 Å². The fourth-order valence-corrected chi connectivity index (χ4v) is 1.29. The van der Waals surface area contributed by atoms with E-state index < -0.39 is 0 Å². The van der Waals surface area contributed by atoms with Crippen LogP contribution in [0.15, 0.2) is 37.1 Å². The predicted molar refractivity (Wildman–Crippen MR) is 57.4 cm³/mol. The fourth-order valence-electron chi connectivity index (χ4n) is 1.29. The maximum atomic E-state index is 3.98. The van der Waals surface area contributed by atoms with Crippen LogP contribution in [-0.2, 0) is 6.54 Å². The van der Waals surface area contributed by atoms with Gasteiger partial charge in [-0.25, -0.2) is 4.98 Å². The van der Waals surface area contributed by atoms with Crippen molar-refractivity contribution >= 4 is 5.82 Å². The van der Waals surface area contributed by atoms with E-state index in [0.717, 1.165) is 25.3 Å². The summed E-state index contributed by atoms with van der Waals surface area (Å²) < 4.78 is 2.05. The summed E-state index contributed by atoms with van der Waals surface area (Å²) >= 11 is 0. The molecule has 5 heteroatoms. The Balaban J connectivity index is 1.68. The summed E-state index contributed by atoms with van der Waals surface area (Å²) in [4.78, 5) is 3.98. The normalized spacial score (nSPS) is 10.1. The van der Waals surface area contributed by atoms with Gasteiger partial charge < -0.3 is 9.88 Å². The second kappa shape index (κ2) is 5.09. The number of aryl methyl sites for hydroxylation is 1. The van der Waals surface area contributed by atoms with Crippen LogP contribution in [0.5, 0.6) is 0 Å². The Morgan fingerprint density at radius 3 is 3.07 bits per heavy atom. The Hall–Kier alpha value is -1.91. The van der Waals surface area contributed by atoms with Crippen LogP contribution in [0.3, 0.4) is 0 Å². The van der Waals surface area contributed by atoms with Gasteiger partial charge in [-0.1, -0.05) is 0 Å². The summed E-state index contributed by atoms with van der Waals surface area (Å²) in [6, 6.07) is 3.77. The van der Waals surface area contributed by atoms with Crippen molar-refractivity contribution in [2.24, 2.45) is 0 Å². The lowest BCUT2D eigenvalue weighted by Crippen LogP contribution is -2.07. The number of imidazole rings is 1. The summed E-state index contributed by atoms with van der Waals surface area (Å²) in [5, 5.41) is 10.9. The molecule has 0 bridgehead atoms. The van der Waals surface area contributed by atoms with Gasteiger partial charge in [-0.2, -0.15) is 5.10 Å².